The SMILES string of the molecule is Cc1c(C(N)c2cc(F)cc(F)c2)oc2cc(Br)ccc12. The topological polar surface area (TPSA) is 39.2 Å². The summed E-state index contributed by atoms with van der Waals surface area (Å²) in [4.78, 5) is 0. The first kappa shape index (κ1) is 14.2. The van der Waals surface area contributed by atoms with Gasteiger partial charge in [-0.15, -0.1) is 0 Å². The van der Waals surface area contributed by atoms with Gasteiger partial charge in [0.25, 0.3) is 0 Å². The van der Waals surface area contributed by atoms with Gasteiger partial charge in [-0.3, -0.25) is 0 Å². The highest BCUT2D eigenvalue weighted by molar-refractivity contribution is 9.10. The molecule has 0 aliphatic heterocycles. The predicted octanol–water partition coefficient (Wildman–Crippen LogP) is 4.83. The molecule has 0 radical (unpaired) electrons. The van der Waals surface area contributed by atoms with Gasteiger partial charge in [0.05, 0.1) is 6.04 Å². The van der Waals surface area contributed by atoms with Crippen molar-refractivity contribution in [2.75, 3.05) is 0 Å². The standard InChI is InChI=1S/C16H12BrF2NO/c1-8-13-3-2-10(17)6-14(13)21-16(8)15(20)9-4-11(18)7-12(19)5-9/h2-7,15H,20H2,1H3. The van der Waals surface area contributed by atoms with Gasteiger partial charge in [0.2, 0.25) is 0 Å². The first-order valence-corrected chi connectivity index (χ1v) is 7.15. The maximum atomic E-state index is 13.3. The van der Waals surface area contributed by atoms with E-state index >= 15 is 0 Å². The number of hydrogen-bond donors (Lipinski definition) is 1. The Morgan fingerprint density at radius 2 is 1.76 bits per heavy atom. The lowest BCUT2D eigenvalue weighted by Crippen LogP contribution is -2.12. The maximum Gasteiger partial charge on any atom is 0.135 e. The highest BCUT2D eigenvalue weighted by Gasteiger charge is 2.20. The molecule has 0 amide bonds. The molecule has 1 aromatic heterocycles. The molecule has 3 rings (SSSR count). The Kier molecular flexibility index (Phi) is 3.55. The molecular weight excluding hydrogens is 340 g/mol. The van der Waals surface area contributed by atoms with E-state index in [2.05, 4.69) is 15.9 Å². The predicted molar refractivity (Wildman–Crippen MR) is 81.0 cm³/mol. The smallest absolute Gasteiger partial charge is 0.135 e. The van der Waals surface area contributed by atoms with E-state index in [1.807, 2.05) is 25.1 Å². The largest absolute Gasteiger partial charge is 0.459 e. The molecule has 2 nitrogen and oxygen atoms in total. The van der Waals surface area contributed by atoms with Crippen molar-refractivity contribution in [1.29, 1.82) is 0 Å². The highest BCUT2D eigenvalue weighted by Crippen LogP contribution is 2.33. The van der Waals surface area contributed by atoms with Crippen LogP contribution in [0.3, 0.4) is 0 Å². The lowest BCUT2D eigenvalue weighted by atomic mass is 10.0. The van der Waals surface area contributed by atoms with Crippen molar-refractivity contribution in [2.24, 2.45) is 5.73 Å². The van der Waals surface area contributed by atoms with E-state index in [1.54, 1.807) is 0 Å². The number of fused-ring (bicyclic) bond motifs is 1. The first-order valence-electron chi connectivity index (χ1n) is 6.36. The average molecular weight is 352 g/mol. The molecule has 0 aliphatic carbocycles. The quantitative estimate of drug-likeness (QED) is 0.718. The molecule has 108 valence electrons. The van der Waals surface area contributed by atoms with E-state index in [9.17, 15) is 8.78 Å². The van der Waals surface area contributed by atoms with Crippen molar-refractivity contribution >= 4 is 26.9 Å². The summed E-state index contributed by atoms with van der Waals surface area (Å²) in [5.74, 6) is -0.804. The second kappa shape index (κ2) is 5.24. The molecule has 2 aromatic carbocycles. The minimum absolute atomic E-state index is 0.341. The Morgan fingerprint density at radius 1 is 1.10 bits per heavy atom. The van der Waals surface area contributed by atoms with Crippen LogP contribution >= 0.6 is 15.9 Å². The Hall–Kier alpha value is -1.72. The zero-order valence-corrected chi connectivity index (χ0v) is 12.7. The van der Waals surface area contributed by atoms with Gasteiger partial charge >= 0.3 is 0 Å². The fourth-order valence-electron chi connectivity index (χ4n) is 2.42. The van der Waals surface area contributed by atoms with Crippen molar-refractivity contribution in [3.8, 4) is 0 Å². The van der Waals surface area contributed by atoms with Crippen molar-refractivity contribution in [3.05, 3.63) is 69.4 Å². The van der Waals surface area contributed by atoms with E-state index < -0.39 is 17.7 Å². The van der Waals surface area contributed by atoms with Crippen molar-refractivity contribution in [3.63, 3.8) is 0 Å². The van der Waals surface area contributed by atoms with Crippen molar-refractivity contribution in [2.45, 2.75) is 13.0 Å². The first-order chi connectivity index (χ1) is 9.95. The monoisotopic (exact) mass is 351 g/mol. The lowest BCUT2D eigenvalue weighted by Gasteiger charge is -2.10. The molecule has 2 N–H and O–H groups in total. The van der Waals surface area contributed by atoms with Gasteiger partial charge in [0, 0.05) is 21.5 Å². The Bertz CT molecular complexity index is 808. The van der Waals surface area contributed by atoms with E-state index in [-0.39, 0.29) is 0 Å². The molecule has 3 aromatic rings. The zero-order chi connectivity index (χ0) is 15.1. The molecule has 0 bridgehead atoms. The Labute approximate surface area is 128 Å². The molecule has 5 heteroatoms. The molecule has 21 heavy (non-hydrogen) atoms. The minimum Gasteiger partial charge on any atom is -0.459 e. The summed E-state index contributed by atoms with van der Waals surface area (Å²) >= 11 is 3.38. The van der Waals surface area contributed by atoms with Crippen LogP contribution in [-0.2, 0) is 0 Å². The van der Waals surface area contributed by atoms with Crippen LogP contribution in [-0.4, -0.2) is 0 Å². The number of nitrogens with two attached hydrogens (primary N) is 1. The van der Waals surface area contributed by atoms with E-state index in [4.69, 9.17) is 10.2 Å². The Balaban J connectivity index is 2.12. The normalized spacial score (nSPS) is 12.8. The molecule has 0 saturated heterocycles. The van der Waals surface area contributed by atoms with Gasteiger partial charge in [-0.2, -0.15) is 0 Å². The van der Waals surface area contributed by atoms with Crippen LogP contribution in [0.2, 0.25) is 0 Å². The fourth-order valence-corrected chi connectivity index (χ4v) is 2.76. The summed E-state index contributed by atoms with van der Waals surface area (Å²) in [5, 5.41) is 0.931. The summed E-state index contributed by atoms with van der Waals surface area (Å²) in [5.41, 5.74) is 8.01. The fraction of sp³-hybridized carbons (Fsp3) is 0.125. The van der Waals surface area contributed by atoms with Crippen LogP contribution in [0.4, 0.5) is 8.78 Å². The minimum atomic E-state index is -0.721. The number of aryl methyl sites for hydroxylation is 1. The third-order valence-corrected chi connectivity index (χ3v) is 3.96. The average Bonchev–Trinajstić information content (AvgIpc) is 2.73. The number of rotatable bonds is 2. The van der Waals surface area contributed by atoms with Crippen molar-refractivity contribution < 1.29 is 13.2 Å². The van der Waals surface area contributed by atoms with Gasteiger partial charge < -0.3 is 10.2 Å². The van der Waals surface area contributed by atoms with Crippen LogP contribution in [0, 0.1) is 18.6 Å². The molecule has 1 atom stereocenters. The molecule has 0 fully saturated rings. The third-order valence-electron chi connectivity index (χ3n) is 3.46. The van der Waals surface area contributed by atoms with Crippen LogP contribution in [0.1, 0.15) is 22.9 Å². The van der Waals surface area contributed by atoms with Gasteiger partial charge in [0.1, 0.15) is 23.0 Å². The van der Waals surface area contributed by atoms with Gasteiger partial charge in [-0.05, 0) is 42.8 Å². The molecule has 0 saturated carbocycles. The molecule has 1 heterocycles. The number of halogens is 3. The van der Waals surface area contributed by atoms with Gasteiger partial charge in [0.15, 0.2) is 0 Å². The molecular formula is C16H12BrF2NO. The summed E-state index contributed by atoms with van der Waals surface area (Å²) < 4.78 is 33.3. The number of hydrogen-bond acceptors (Lipinski definition) is 2. The summed E-state index contributed by atoms with van der Waals surface area (Å²) in [6.07, 6.45) is 0. The molecule has 0 aliphatic rings. The van der Waals surface area contributed by atoms with Crippen LogP contribution in [0.15, 0.2) is 45.3 Å². The summed E-state index contributed by atoms with van der Waals surface area (Å²) in [7, 11) is 0. The summed E-state index contributed by atoms with van der Waals surface area (Å²) in [6, 6.07) is 8.19. The molecule has 1 unspecified atom stereocenters. The summed E-state index contributed by atoms with van der Waals surface area (Å²) in [6.45, 7) is 1.88. The van der Waals surface area contributed by atoms with Crippen LogP contribution < -0.4 is 5.73 Å². The maximum absolute atomic E-state index is 13.3. The van der Waals surface area contributed by atoms with Gasteiger partial charge in [-0.25, -0.2) is 8.78 Å². The number of benzene rings is 2. The van der Waals surface area contributed by atoms with E-state index in [1.165, 1.54) is 12.1 Å². The van der Waals surface area contributed by atoms with Crippen LogP contribution in [0.25, 0.3) is 11.0 Å². The third kappa shape index (κ3) is 2.59. The van der Waals surface area contributed by atoms with E-state index in [0.717, 1.165) is 21.5 Å². The second-order valence-corrected chi connectivity index (χ2v) is 5.83. The highest BCUT2D eigenvalue weighted by atomic mass is 79.9. The number of furan rings is 1. The van der Waals surface area contributed by atoms with Crippen LogP contribution in [0.5, 0.6) is 0 Å². The van der Waals surface area contributed by atoms with Crippen molar-refractivity contribution in [1.82, 2.24) is 0 Å². The molecule has 0 spiro atoms. The van der Waals surface area contributed by atoms with Gasteiger partial charge in [-0.1, -0.05) is 15.9 Å². The second-order valence-electron chi connectivity index (χ2n) is 4.91. The van der Waals surface area contributed by atoms with E-state index in [0.29, 0.717) is 16.9 Å². The Morgan fingerprint density at radius 3 is 2.43 bits per heavy atom. The lowest BCUT2D eigenvalue weighted by molar-refractivity contribution is 0.516. The zero-order valence-electron chi connectivity index (χ0n) is 11.2.